The molecule has 1 amide bonds. The average Bonchev–Trinajstić information content (AvgIpc) is 2.87. The van der Waals surface area contributed by atoms with Crippen LogP contribution in [0.1, 0.15) is 5.56 Å². The second kappa shape index (κ2) is 11.6. The van der Waals surface area contributed by atoms with Crippen LogP contribution < -0.4 is 23.8 Å². The minimum absolute atomic E-state index is 0.0975. The number of benzene rings is 3. The number of carbonyl (C=O) groups excluding carboxylic acids is 1. The fraction of sp³-hybridized carbons (Fsp3) is 0.240. The van der Waals surface area contributed by atoms with Crippen molar-refractivity contribution in [2.75, 3.05) is 38.7 Å². The van der Waals surface area contributed by atoms with E-state index in [9.17, 15) is 17.6 Å². The first-order valence-corrected chi connectivity index (χ1v) is 12.1. The summed E-state index contributed by atoms with van der Waals surface area (Å²) in [7, 11) is 0.288. The summed E-state index contributed by atoms with van der Waals surface area (Å²) in [6, 6.07) is 16.5. The fourth-order valence-electron chi connectivity index (χ4n) is 3.40. The molecule has 0 unspecified atom stereocenters. The van der Waals surface area contributed by atoms with Gasteiger partial charge in [-0.1, -0.05) is 18.2 Å². The predicted molar refractivity (Wildman–Crippen MR) is 130 cm³/mol. The maximum Gasteiger partial charge on any atom is 0.264 e. The van der Waals surface area contributed by atoms with Crippen LogP contribution in [-0.2, 0) is 21.2 Å². The van der Waals surface area contributed by atoms with Crippen LogP contribution in [0.4, 0.5) is 10.1 Å². The quantitative estimate of drug-likeness (QED) is 0.432. The van der Waals surface area contributed by atoms with E-state index in [1.54, 1.807) is 19.2 Å². The lowest BCUT2D eigenvalue weighted by molar-refractivity contribution is -0.119. The van der Waals surface area contributed by atoms with Gasteiger partial charge in [-0.25, -0.2) is 12.8 Å². The van der Waals surface area contributed by atoms with E-state index < -0.39 is 28.3 Å². The molecule has 0 radical (unpaired) electrons. The number of nitrogens with one attached hydrogen (secondary N) is 1. The first kappa shape index (κ1) is 25.8. The Morgan fingerprint density at radius 1 is 0.914 bits per heavy atom. The minimum Gasteiger partial charge on any atom is -0.497 e. The standard InChI is InChI=1S/C25H27FN2O6S/c1-32-19-9-11-20(12-10-19)35(30,31)28(22-7-5-4-6-21(22)26)17-25(29)27-15-14-18-8-13-23(33-2)24(16-18)34-3/h4-13,16H,14-15,17H2,1-3H3,(H,27,29). The Labute approximate surface area is 204 Å². The van der Waals surface area contributed by atoms with Crippen molar-refractivity contribution < 1.29 is 31.8 Å². The first-order chi connectivity index (χ1) is 16.8. The predicted octanol–water partition coefficient (Wildman–Crippen LogP) is 3.41. The number of amides is 1. The fourth-order valence-corrected chi connectivity index (χ4v) is 4.83. The van der Waals surface area contributed by atoms with Gasteiger partial charge in [-0.05, 0) is 60.5 Å². The molecule has 0 bridgehead atoms. The molecule has 0 spiro atoms. The number of anilines is 1. The van der Waals surface area contributed by atoms with E-state index in [-0.39, 0.29) is 17.1 Å². The Morgan fingerprint density at radius 2 is 1.60 bits per heavy atom. The highest BCUT2D eigenvalue weighted by molar-refractivity contribution is 7.92. The molecule has 35 heavy (non-hydrogen) atoms. The molecule has 0 fully saturated rings. The van der Waals surface area contributed by atoms with Crippen molar-refractivity contribution in [1.29, 1.82) is 0 Å². The lowest BCUT2D eigenvalue weighted by atomic mass is 10.1. The molecule has 186 valence electrons. The summed E-state index contributed by atoms with van der Waals surface area (Å²) < 4.78 is 57.6. The van der Waals surface area contributed by atoms with Gasteiger partial charge in [0.05, 0.1) is 31.9 Å². The molecule has 3 rings (SSSR count). The van der Waals surface area contributed by atoms with Crippen molar-refractivity contribution in [3.63, 3.8) is 0 Å². The van der Waals surface area contributed by atoms with E-state index in [0.717, 1.165) is 15.9 Å². The molecule has 0 saturated heterocycles. The molecule has 0 aliphatic rings. The molecule has 3 aromatic rings. The highest BCUT2D eigenvalue weighted by Crippen LogP contribution is 2.28. The molecular weight excluding hydrogens is 475 g/mol. The molecule has 1 N–H and O–H groups in total. The summed E-state index contributed by atoms with van der Waals surface area (Å²) in [5.74, 6) is 0.278. The Morgan fingerprint density at radius 3 is 2.23 bits per heavy atom. The van der Waals surface area contributed by atoms with Crippen molar-refractivity contribution in [3.8, 4) is 17.2 Å². The normalized spacial score (nSPS) is 11.0. The van der Waals surface area contributed by atoms with Gasteiger partial charge in [0.25, 0.3) is 10.0 Å². The van der Waals surface area contributed by atoms with E-state index in [2.05, 4.69) is 5.32 Å². The topological polar surface area (TPSA) is 94.2 Å². The number of halogens is 1. The van der Waals surface area contributed by atoms with E-state index in [0.29, 0.717) is 23.7 Å². The zero-order valence-electron chi connectivity index (χ0n) is 19.7. The number of carbonyl (C=O) groups is 1. The number of hydrogen-bond donors (Lipinski definition) is 1. The molecule has 0 heterocycles. The van der Waals surface area contributed by atoms with Gasteiger partial charge in [0.15, 0.2) is 11.5 Å². The summed E-state index contributed by atoms with van der Waals surface area (Å²) >= 11 is 0. The number of rotatable bonds is 11. The van der Waals surface area contributed by atoms with E-state index in [4.69, 9.17) is 14.2 Å². The summed E-state index contributed by atoms with van der Waals surface area (Å²) in [6.45, 7) is -0.358. The van der Waals surface area contributed by atoms with Crippen molar-refractivity contribution in [2.24, 2.45) is 0 Å². The highest BCUT2D eigenvalue weighted by atomic mass is 32.2. The van der Waals surface area contributed by atoms with Gasteiger partial charge >= 0.3 is 0 Å². The lowest BCUT2D eigenvalue weighted by Crippen LogP contribution is -2.41. The molecule has 0 aliphatic carbocycles. The summed E-state index contributed by atoms with van der Waals surface area (Å²) in [5.41, 5.74) is 0.665. The Bertz CT molecular complexity index is 1270. The van der Waals surface area contributed by atoms with E-state index in [1.807, 2.05) is 6.07 Å². The van der Waals surface area contributed by atoms with E-state index >= 15 is 0 Å². The number of para-hydroxylation sites is 1. The SMILES string of the molecule is COc1ccc(S(=O)(=O)N(CC(=O)NCCc2ccc(OC)c(OC)c2)c2ccccc2F)cc1. The van der Waals surface area contributed by atoms with Gasteiger partial charge < -0.3 is 19.5 Å². The Balaban J connectivity index is 1.76. The average molecular weight is 503 g/mol. The third-order valence-corrected chi connectivity index (χ3v) is 7.01. The van der Waals surface area contributed by atoms with Gasteiger partial charge in [0, 0.05) is 6.54 Å². The van der Waals surface area contributed by atoms with Crippen LogP contribution in [0.5, 0.6) is 17.2 Å². The second-order valence-electron chi connectivity index (χ2n) is 7.43. The molecule has 3 aromatic carbocycles. The Kier molecular flexibility index (Phi) is 8.53. The van der Waals surface area contributed by atoms with Gasteiger partial charge in [0.1, 0.15) is 18.1 Å². The number of ether oxygens (including phenoxy) is 3. The third-order valence-electron chi connectivity index (χ3n) is 5.24. The van der Waals surface area contributed by atoms with Crippen LogP contribution in [0.25, 0.3) is 0 Å². The summed E-state index contributed by atoms with van der Waals surface area (Å²) in [5, 5.41) is 2.70. The number of nitrogens with zero attached hydrogens (tertiary/aromatic N) is 1. The second-order valence-corrected chi connectivity index (χ2v) is 9.29. The third kappa shape index (κ3) is 6.21. The number of sulfonamides is 1. The van der Waals surface area contributed by atoms with Crippen molar-refractivity contribution >= 4 is 21.6 Å². The number of hydrogen-bond acceptors (Lipinski definition) is 6. The molecule has 0 aromatic heterocycles. The number of methoxy groups -OCH3 is 3. The smallest absolute Gasteiger partial charge is 0.264 e. The monoisotopic (exact) mass is 502 g/mol. The van der Waals surface area contributed by atoms with Crippen LogP contribution in [0.2, 0.25) is 0 Å². The molecule has 0 aliphatic heterocycles. The van der Waals surface area contributed by atoms with Crippen LogP contribution in [0.15, 0.2) is 71.6 Å². The summed E-state index contributed by atoms with van der Waals surface area (Å²) in [6.07, 6.45) is 0.469. The minimum atomic E-state index is -4.24. The maximum absolute atomic E-state index is 14.6. The van der Waals surface area contributed by atoms with Crippen LogP contribution in [0, 0.1) is 5.82 Å². The van der Waals surface area contributed by atoms with Crippen molar-refractivity contribution in [2.45, 2.75) is 11.3 Å². The lowest BCUT2D eigenvalue weighted by Gasteiger charge is -2.24. The largest absolute Gasteiger partial charge is 0.497 e. The van der Waals surface area contributed by atoms with Crippen LogP contribution in [-0.4, -0.2) is 48.7 Å². The van der Waals surface area contributed by atoms with Crippen LogP contribution in [0.3, 0.4) is 0 Å². The first-order valence-electron chi connectivity index (χ1n) is 10.7. The summed E-state index contributed by atoms with van der Waals surface area (Å²) in [4.78, 5) is 12.6. The molecule has 0 saturated carbocycles. The molecule has 10 heteroatoms. The highest BCUT2D eigenvalue weighted by Gasteiger charge is 2.29. The van der Waals surface area contributed by atoms with Gasteiger partial charge in [-0.2, -0.15) is 0 Å². The van der Waals surface area contributed by atoms with Crippen LogP contribution >= 0.6 is 0 Å². The molecule has 0 atom stereocenters. The van der Waals surface area contributed by atoms with Gasteiger partial charge in [0.2, 0.25) is 5.91 Å². The van der Waals surface area contributed by atoms with Gasteiger partial charge in [-0.15, -0.1) is 0 Å². The molecule has 8 nitrogen and oxygen atoms in total. The Hall–Kier alpha value is -3.79. The van der Waals surface area contributed by atoms with Gasteiger partial charge in [-0.3, -0.25) is 9.10 Å². The molecular formula is C25H27FN2O6S. The van der Waals surface area contributed by atoms with E-state index in [1.165, 1.54) is 56.7 Å². The van der Waals surface area contributed by atoms with Crippen molar-refractivity contribution in [3.05, 3.63) is 78.1 Å². The zero-order chi connectivity index (χ0) is 25.4. The zero-order valence-corrected chi connectivity index (χ0v) is 20.5. The van der Waals surface area contributed by atoms with Crippen molar-refractivity contribution in [1.82, 2.24) is 5.32 Å². The maximum atomic E-state index is 14.6.